The molecule has 2 heterocycles. The van der Waals surface area contributed by atoms with Gasteiger partial charge in [0.15, 0.2) is 8.32 Å². The number of aromatic nitrogens is 2. The Labute approximate surface area is 219 Å². The summed E-state index contributed by atoms with van der Waals surface area (Å²) < 4.78 is 11.9. The van der Waals surface area contributed by atoms with E-state index in [0.29, 0.717) is 36.7 Å². The summed E-state index contributed by atoms with van der Waals surface area (Å²) in [5.41, 5.74) is 2.07. The summed E-state index contributed by atoms with van der Waals surface area (Å²) in [5, 5.41) is 45.7. The van der Waals surface area contributed by atoms with E-state index in [1.54, 1.807) is 12.3 Å². The van der Waals surface area contributed by atoms with E-state index in [1.807, 2.05) is 6.92 Å². The van der Waals surface area contributed by atoms with E-state index in [1.165, 1.54) is 6.07 Å². The summed E-state index contributed by atoms with van der Waals surface area (Å²) in [5.74, 6) is 0.687. The molecule has 1 aromatic carbocycles. The van der Waals surface area contributed by atoms with Crippen LogP contribution in [0.15, 0.2) is 18.3 Å². The summed E-state index contributed by atoms with van der Waals surface area (Å²) >= 11 is 0. The molecule has 3 rings (SSSR count). The second-order valence-electron chi connectivity index (χ2n) is 10.8. The Kier molecular flexibility index (Phi) is 8.95. The number of nitrogens with zero attached hydrogens (tertiary/aromatic N) is 4. The first-order chi connectivity index (χ1) is 17.4. The third-order valence-electron chi connectivity index (χ3n) is 7.11. The second kappa shape index (κ2) is 11.6. The highest BCUT2D eigenvalue weighted by Crippen LogP contribution is 2.37. The first-order valence-electron chi connectivity index (χ1n) is 12.3. The van der Waals surface area contributed by atoms with Crippen LogP contribution in [0.25, 0.3) is 0 Å². The normalized spacial score (nSPS) is 18.0. The van der Waals surface area contributed by atoms with Crippen molar-refractivity contribution >= 4 is 38.4 Å². The Balaban J connectivity index is 1.90. The van der Waals surface area contributed by atoms with Crippen LogP contribution in [0.1, 0.15) is 43.9 Å². The Morgan fingerprint density at radius 3 is 2.62 bits per heavy atom. The molecule has 1 unspecified atom stereocenters. The maximum atomic E-state index is 10.0. The van der Waals surface area contributed by atoms with Crippen LogP contribution in [-0.2, 0) is 15.8 Å². The first kappa shape index (κ1) is 28.6. The van der Waals surface area contributed by atoms with E-state index in [0.717, 1.165) is 5.56 Å². The Morgan fingerprint density at radius 2 is 2.00 bits per heavy atom. The summed E-state index contributed by atoms with van der Waals surface area (Å²) in [6, 6.07) is 7.45. The van der Waals surface area contributed by atoms with Crippen LogP contribution < -0.4 is 16.1 Å². The van der Waals surface area contributed by atoms with E-state index in [4.69, 9.17) is 9.16 Å². The molecule has 0 radical (unpaired) electrons. The molecular weight excluding hydrogens is 487 g/mol. The highest BCUT2D eigenvalue weighted by Gasteiger charge is 2.37. The maximum Gasteiger partial charge on any atom is 0.490 e. The lowest BCUT2D eigenvalue weighted by Crippen LogP contribution is -2.42. The molecular formula is C25H35BN6O4Si. The molecule has 1 aromatic heterocycles. The fourth-order valence-corrected chi connectivity index (χ4v) is 4.71. The number of aryl methyl sites for hydroxylation is 1. The van der Waals surface area contributed by atoms with Crippen molar-refractivity contribution in [2.24, 2.45) is 5.92 Å². The Bertz CT molecular complexity index is 1210. The van der Waals surface area contributed by atoms with Gasteiger partial charge in [0, 0.05) is 29.5 Å². The van der Waals surface area contributed by atoms with E-state index >= 15 is 0 Å². The van der Waals surface area contributed by atoms with Crippen molar-refractivity contribution in [3.05, 3.63) is 35.0 Å². The van der Waals surface area contributed by atoms with Gasteiger partial charge < -0.3 is 29.8 Å². The lowest BCUT2D eigenvalue weighted by Gasteiger charge is -2.36. The molecule has 0 bridgehead atoms. The average molecular weight is 522 g/mol. The van der Waals surface area contributed by atoms with Crippen molar-refractivity contribution in [3.8, 4) is 12.1 Å². The zero-order valence-electron chi connectivity index (χ0n) is 22.3. The fourth-order valence-electron chi connectivity index (χ4n) is 3.76. The highest BCUT2D eigenvalue weighted by molar-refractivity contribution is 6.74. The topological polar surface area (TPSA) is 156 Å². The van der Waals surface area contributed by atoms with Crippen LogP contribution >= 0.6 is 0 Å². The van der Waals surface area contributed by atoms with Gasteiger partial charge in [-0.05, 0) is 49.2 Å². The minimum Gasteiger partial charge on any atom is -0.423 e. The standard InChI is InChI=1S/C25H35BN6O4Si/c1-16-13-29-24(32-23(16)31-21-15-35-8-7-17(21)11-27)30-20-9-18(12-28)22(26(33)34)19(10-20)14-36-37(5,6)25(2,3)4/h9-10,13,17,21,33-34H,7-8,14-15H2,1-6H3,(H2,29,30,31,32)/t17-,21?/m1/s1. The SMILES string of the molecule is Cc1cnc(Nc2cc(C#N)c(B(O)O)c(CO[Si](C)(C)C(C)(C)C)c2)nc1NC1COCC[C@@H]1C#N. The largest absolute Gasteiger partial charge is 0.490 e. The van der Waals surface area contributed by atoms with Crippen LogP contribution in [0, 0.1) is 35.5 Å². The van der Waals surface area contributed by atoms with E-state index in [2.05, 4.69) is 66.6 Å². The van der Waals surface area contributed by atoms with E-state index in [9.17, 15) is 20.6 Å². The molecule has 12 heteroatoms. The molecule has 0 aliphatic carbocycles. The number of nitriles is 2. The summed E-state index contributed by atoms with van der Waals surface area (Å²) in [6.45, 7) is 13.6. The lowest BCUT2D eigenvalue weighted by atomic mass is 9.74. The van der Waals surface area contributed by atoms with Crippen molar-refractivity contribution in [1.29, 1.82) is 10.5 Å². The van der Waals surface area contributed by atoms with E-state index in [-0.39, 0.29) is 40.6 Å². The van der Waals surface area contributed by atoms with Gasteiger partial charge in [-0.1, -0.05) is 20.8 Å². The number of rotatable bonds is 8. The van der Waals surface area contributed by atoms with Gasteiger partial charge in [0.05, 0.1) is 42.9 Å². The predicted octanol–water partition coefficient (Wildman–Crippen LogP) is 2.94. The lowest BCUT2D eigenvalue weighted by molar-refractivity contribution is 0.0698. The van der Waals surface area contributed by atoms with Crippen LogP contribution in [0.5, 0.6) is 0 Å². The molecule has 0 amide bonds. The predicted molar refractivity (Wildman–Crippen MR) is 145 cm³/mol. The number of hydrogen-bond donors (Lipinski definition) is 4. The molecule has 2 aromatic rings. The van der Waals surface area contributed by atoms with Gasteiger partial charge in [-0.2, -0.15) is 15.5 Å². The number of benzene rings is 1. The zero-order valence-corrected chi connectivity index (χ0v) is 23.3. The van der Waals surface area contributed by atoms with Gasteiger partial charge in [-0.15, -0.1) is 0 Å². The van der Waals surface area contributed by atoms with Crippen LogP contribution in [0.3, 0.4) is 0 Å². The van der Waals surface area contributed by atoms with Gasteiger partial charge in [0.2, 0.25) is 5.95 Å². The molecule has 10 nitrogen and oxygen atoms in total. The van der Waals surface area contributed by atoms with Crippen molar-refractivity contribution in [3.63, 3.8) is 0 Å². The van der Waals surface area contributed by atoms with Gasteiger partial charge >= 0.3 is 7.12 Å². The number of anilines is 3. The van der Waals surface area contributed by atoms with Crippen molar-refractivity contribution in [1.82, 2.24) is 9.97 Å². The van der Waals surface area contributed by atoms with Crippen LogP contribution in [0.4, 0.5) is 17.5 Å². The van der Waals surface area contributed by atoms with Crippen LogP contribution in [-0.4, -0.2) is 54.7 Å². The summed E-state index contributed by atoms with van der Waals surface area (Å²) in [7, 11) is -3.96. The van der Waals surface area contributed by atoms with E-state index < -0.39 is 15.4 Å². The molecule has 0 spiro atoms. The average Bonchev–Trinajstić information content (AvgIpc) is 2.83. The minimum absolute atomic E-state index is 0.0357. The maximum absolute atomic E-state index is 10.0. The fraction of sp³-hybridized carbons (Fsp3) is 0.520. The molecule has 196 valence electrons. The van der Waals surface area contributed by atoms with Crippen molar-refractivity contribution < 1.29 is 19.2 Å². The molecule has 4 N–H and O–H groups in total. The molecule has 37 heavy (non-hydrogen) atoms. The number of nitrogens with one attached hydrogen (secondary N) is 2. The van der Waals surface area contributed by atoms with Crippen molar-refractivity contribution in [2.75, 3.05) is 23.8 Å². The van der Waals surface area contributed by atoms with Gasteiger partial charge in [-0.3, -0.25) is 0 Å². The van der Waals surface area contributed by atoms with Gasteiger partial charge in [-0.25, -0.2) is 4.98 Å². The summed E-state index contributed by atoms with van der Waals surface area (Å²) in [4.78, 5) is 8.95. The second-order valence-corrected chi connectivity index (χ2v) is 15.6. The molecule has 1 aliphatic heterocycles. The van der Waals surface area contributed by atoms with Gasteiger partial charge in [0.1, 0.15) is 5.82 Å². The van der Waals surface area contributed by atoms with Gasteiger partial charge in [0.25, 0.3) is 0 Å². The molecule has 0 saturated carbocycles. The highest BCUT2D eigenvalue weighted by atomic mass is 28.4. The molecule has 1 aliphatic rings. The zero-order chi connectivity index (χ0) is 27.4. The quantitative estimate of drug-likeness (QED) is 0.380. The molecule has 2 atom stereocenters. The van der Waals surface area contributed by atoms with Crippen molar-refractivity contribution in [2.45, 2.75) is 64.9 Å². The summed E-state index contributed by atoms with van der Waals surface area (Å²) in [6.07, 6.45) is 2.32. The third-order valence-corrected chi connectivity index (χ3v) is 11.6. The monoisotopic (exact) mass is 522 g/mol. The molecule has 1 fully saturated rings. The number of hydrogen-bond acceptors (Lipinski definition) is 10. The molecule has 1 saturated heterocycles. The smallest absolute Gasteiger partial charge is 0.423 e. The third kappa shape index (κ3) is 6.86. The Hall–Kier alpha value is -3.00. The Morgan fingerprint density at radius 1 is 1.27 bits per heavy atom. The van der Waals surface area contributed by atoms with Crippen LogP contribution in [0.2, 0.25) is 18.1 Å². The first-order valence-corrected chi connectivity index (χ1v) is 15.2. The minimum atomic E-state index is -2.14. The number of ether oxygens (including phenoxy) is 1.